The van der Waals surface area contributed by atoms with Gasteiger partial charge in [0.25, 0.3) is 0 Å². The van der Waals surface area contributed by atoms with E-state index in [1.807, 2.05) is 26.8 Å². The lowest BCUT2D eigenvalue weighted by molar-refractivity contribution is 0.0242. The number of nitrogens with zero attached hydrogens (tertiary/aromatic N) is 1. The van der Waals surface area contributed by atoms with Crippen LogP contribution < -0.4 is 0 Å². The molecule has 0 saturated carbocycles. The summed E-state index contributed by atoms with van der Waals surface area (Å²) in [5.41, 5.74) is 0.591. The summed E-state index contributed by atoms with van der Waals surface area (Å²) in [5, 5.41) is 0. The number of ketones is 1. The molecule has 2 heterocycles. The van der Waals surface area contributed by atoms with Crippen molar-refractivity contribution in [2.24, 2.45) is 0 Å². The van der Waals surface area contributed by atoms with Gasteiger partial charge in [0, 0.05) is 4.88 Å². The molecule has 1 aliphatic heterocycles. The van der Waals surface area contributed by atoms with Crippen molar-refractivity contribution in [2.45, 2.75) is 46.4 Å². The van der Waals surface area contributed by atoms with Crippen LogP contribution in [-0.4, -0.2) is 22.4 Å². The molecule has 0 atom stereocenters. The molecule has 0 N–H and O–H groups in total. The Labute approximate surface area is 111 Å². The monoisotopic (exact) mass is 267 g/mol. The van der Waals surface area contributed by atoms with Crippen LogP contribution in [0.1, 0.15) is 47.8 Å². The topological polar surface area (TPSA) is 46.6 Å². The highest BCUT2D eigenvalue weighted by Gasteiger charge is 2.29. The summed E-state index contributed by atoms with van der Waals surface area (Å²) in [6.07, 6.45) is -0.296. The standard InChI is InChI=1S/C13H17NO3S/c1-8(15)10-5-9-6-14(7-11(9)18-10)12(16)17-13(2,3)4/h5H,6-7H2,1-4H3. The third-order valence-corrected chi connectivity index (χ3v) is 3.85. The highest BCUT2D eigenvalue weighted by Crippen LogP contribution is 2.32. The molecule has 0 spiro atoms. The zero-order chi connectivity index (χ0) is 13.5. The lowest BCUT2D eigenvalue weighted by Gasteiger charge is -2.24. The van der Waals surface area contributed by atoms with Gasteiger partial charge >= 0.3 is 6.09 Å². The average molecular weight is 267 g/mol. The molecule has 0 saturated heterocycles. The van der Waals surface area contributed by atoms with Gasteiger partial charge in [-0.25, -0.2) is 4.79 Å². The summed E-state index contributed by atoms with van der Waals surface area (Å²) in [6, 6.07) is 1.88. The van der Waals surface area contributed by atoms with Gasteiger partial charge in [-0.1, -0.05) is 0 Å². The second-order valence-corrected chi connectivity index (χ2v) is 6.59. The zero-order valence-corrected chi connectivity index (χ0v) is 11.9. The number of rotatable bonds is 1. The van der Waals surface area contributed by atoms with E-state index in [2.05, 4.69) is 0 Å². The maximum atomic E-state index is 11.9. The van der Waals surface area contributed by atoms with E-state index < -0.39 is 5.60 Å². The Morgan fingerprint density at radius 2 is 2.00 bits per heavy atom. The fraction of sp³-hybridized carbons (Fsp3) is 0.538. The first-order chi connectivity index (χ1) is 8.26. The van der Waals surface area contributed by atoms with Crippen LogP contribution in [0.25, 0.3) is 0 Å². The predicted molar refractivity (Wildman–Crippen MR) is 69.8 cm³/mol. The Kier molecular flexibility index (Phi) is 3.19. The number of hydrogen-bond donors (Lipinski definition) is 0. The summed E-state index contributed by atoms with van der Waals surface area (Å²) in [6.45, 7) is 8.20. The van der Waals surface area contributed by atoms with Crippen LogP contribution in [-0.2, 0) is 17.8 Å². The summed E-state index contributed by atoms with van der Waals surface area (Å²) in [5.74, 6) is 0.0817. The molecule has 1 aromatic heterocycles. The average Bonchev–Trinajstić information content (AvgIpc) is 2.69. The molecule has 98 valence electrons. The largest absolute Gasteiger partial charge is 0.444 e. The van der Waals surface area contributed by atoms with Crippen molar-refractivity contribution < 1.29 is 14.3 Å². The van der Waals surface area contributed by atoms with Crippen molar-refractivity contribution in [2.75, 3.05) is 0 Å². The normalized spacial score (nSPS) is 14.6. The first-order valence-corrected chi connectivity index (χ1v) is 6.68. The quantitative estimate of drug-likeness (QED) is 0.734. The van der Waals surface area contributed by atoms with Gasteiger partial charge in [0.05, 0.1) is 18.0 Å². The number of hydrogen-bond acceptors (Lipinski definition) is 4. The predicted octanol–water partition coefficient (Wildman–Crippen LogP) is 3.20. The molecule has 0 fully saturated rings. The number of carbonyl (C=O) groups excluding carboxylic acids is 2. The van der Waals surface area contributed by atoms with Crippen LogP contribution in [0.2, 0.25) is 0 Å². The van der Waals surface area contributed by atoms with Crippen LogP contribution >= 0.6 is 11.3 Å². The number of ether oxygens (including phenoxy) is 1. The highest BCUT2D eigenvalue weighted by atomic mass is 32.1. The van der Waals surface area contributed by atoms with E-state index >= 15 is 0 Å². The van der Waals surface area contributed by atoms with E-state index in [9.17, 15) is 9.59 Å². The van der Waals surface area contributed by atoms with Crippen molar-refractivity contribution in [3.63, 3.8) is 0 Å². The highest BCUT2D eigenvalue weighted by molar-refractivity contribution is 7.14. The van der Waals surface area contributed by atoms with Crippen molar-refractivity contribution in [1.29, 1.82) is 0 Å². The van der Waals surface area contributed by atoms with Gasteiger partial charge in [-0.05, 0) is 39.3 Å². The molecule has 0 aliphatic carbocycles. The van der Waals surface area contributed by atoms with Crippen molar-refractivity contribution in [3.05, 3.63) is 21.4 Å². The number of fused-ring (bicyclic) bond motifs is 1. The molecule has 0 radical (unpaired) electrons. The van der Waals surface area contributed by atoms with E-state index in [-0.39, 0.29) is 11.9 Å². The van der Waals surface area contributed by atoms with Crippen LogP contribution in [0.4, 0.5) is 4.79 Å². The number of carbonyl (C=O) groups is 2. The lowest BCUT2D eigenvalue weighted by Crippen LogP contribution is -2.33. The second kappa shape index (κ2) is 4.39. The Morgan fingerprint density at radius 1 is 1.33 bits per heavy atom. The van der Waals surface area contributed by atoms with Crippen molar-refractivity contribution in [1.82, 2.24) is 4.90 Å². The van der Waals surface area contributed by atoms with Gasteiger partial charge in [-0.3, -0.25) is 9.69 Å². The summed E-state index contributed by atoms with van der Waals surface area (Å²) in [7, 11) is 0. The van der Waals surface area contributed by atoms with Gasteiger partial charge in [-0.15, -0.1) is 11.3 Å². The fourth-order valence-corrected chi connectivity index (χ4v) is 2.88. The minimum absolute atomic E-state index is 0.0817. The second-order valence-electron chi connectivity index (χ2n) is 5.45. The first kappa shape index (κ1) is 13.1. The lowest BCUT2D eigenvalue weighted by atomic mass is 10.2. The summed E-state index contributed by atoms with van der Waals surface area (Å²) in [4.78, 5) is 26.7. The smallest absolute Gasteiger partial charge is 0.410 e. The number of amides is 1. The Bertz CT molecular complexity index is 475. The minimum Gasteiger partial charge on any atom is -0.444 e. The van der Waals surface area contributed by atoms with Gasteiger partial charge in [0.2, 0.25) is 0 Å². The number of Topliss-reactive ketones (excluding diaryl/α,β-unsaturated/α-hetero) is 1. The van der Waals surface area contributed by atoms with Crippen molar-refractivity contribution >= 4 is 23.2 Å². The maximum absolute atomic E-state index is 11.9. The Morgan fingerprint density at radius 3 is 2.50 bits per heavy atom. The maximum Gasteiger partial charge on any atom is 0.410 e. The Hall–Kier alpha value is -1.36. The third kappa shape index (κ3) is 2.72. The summed E-state index contributed by atoms with van der Waals surface area (Å²) >= 11 is 1.47. The van der Waals surface area contributed by atoms with Crippen LogP contribution in [0.5, 0.6) is 0 Å². The molecule has 2 rings (SSSR count). The van der Waals surface area contributed by atoms with Crippen LogP contribution in [0.3, 0.4) is 0 Å². The third-order valence-electron chi connectivity index (χ3n) is 2.59. The van der Waals surface area contributed by atoms with Crippen LogP contribution in [0.15, 0.2) is 6.07 Å². The van der Waals surface area contributed by atoms with E-state index in [0.717, 1.165) is 15.3 Å². The molecule has 1 amide bonds. The van der Waals surface area contributed by atoms with Crippen molar-refractivity contribution in [3.8, 4) is 0 Å². The van der Waals surface area contributed by atoms with E-state index in [4.69, 9.17) is 4.74 Å². The summed E-state index contributed by atoms with van der Waals surface area (Å²) < 4.78 is 5.32. The van der Waals surface area contributed by atoms with E-state index in [0.29, 0.717) is 13.1 Å². The zero-order valence-electron chi connectivity index (χ0n) is 11.1. The first-order valence-electron chi connectivity index (χ1n) is 5.87. The van der Waals surface area contributed by atoms with Gasteiger partial charge < -0.3 is 4.74 Å². The minimum atomic E-state index is -0.475. The molecule has 1 aromatic rings. The molecule has 0 bridgehead atoms. The van der Waals surface area contributed by atoms with Gasteiger partial charge in [0.15, 0.2) is 5.78 Å². The van der Waals surface area contributed by atoms with Gasteiger partial charge in [0.1, 0.15) is 5.60 Å². The van der Waals surface area contributed by atoms with E-state index in [1.165, 1.54) is 11.3 Å². The van der Waals surface area contributed by atoms with Gasteiger partial charge in [-0.2, -0.15) is 0 Å². The molecule has 0 unspecified atom stereocenters. The fourth-order valence-electron chi connectivity index (χ4n) is 1.80. The molecular formula is C13H17NO3S. The molecule has 4 nitrogen and oxygen atoms in total. The molecule has 0 aromatic carbocycles. The van der Waals surface area contributed by atoms with Crippen LogP contribution in [0, 0.1) is 0 Å². The number of thiophene rings is 1. The van der Waals surface area contributed by atoms with E-state index in [1.54, 1.807) is 11.8 Å². The SMILES string of the molecule is CC(=O)c1cc2c(s1)CN(C(=O)OC(C)(C)C)C2. The molecule has 18 heavy (non-hydrogen) atoms. The molecule has 5 heteroatoms. The molecule has 1 aliphatic rings. The Balaban J connectivity index is 2.04. The molecular weight excluding hydrogens is 250 g/mol.